The third-order valence-electron chi connectivity index (χ3n) is 5.57. The first kappa shape index (κ1) is 24.0. The molecular weight excluding hydrogens is 492 g/mol. The van der Waals surface area contributed by atoms with Crippen LogP contribution in [0.5, 0.6) is 5.75 Å². The molecule has 2 heterocycles. The second-order valence-corrected chi connectivity index (χ2v) is 8.64. The lowest BCUT2D eigenvalue weighted by molar-refractivity contribution is -0.123. The van der Waals surface area contributed by atoms with Crippen LogP contribution in [0.1, 0.15) is 11.1 Å². The molecule has 0 aliphatic carbocycles. The van der Waals surface area contributed by atoms with Crippen LogP contribution >= 0.6 is 11.6 Å². The zero-order valence-corrected chi connectivity index (χ0v) is 20.5. The average molecular weight is 513 g/mol. The predicted octanol–water partition coefficient (Wildman–Crippen LogP) is 5.14. The molecule has 0 saturated carbocycles. The molecule has 0 bridgehead atoms. The Morgan fingerprint density at radius 3 is 2.81 bits per heavy atom. The molecule has 0 saturated heterocycles. The number of para-hydroxylation sites is 1. The lowest BCUT2D eigenvalue weighted by Gasteiger charge is -2.14. The summed E-state index contributed by atoms with van der Waals surface area (Å²) >= 11 is 5.98. The first-order chi connectivity index (χ1) is 18.0. The van der Waals surface area contributed by atoms with Gasteiger partial charge in [0.1, 0.15) is 17.6 Å². The second kappa shape index (κ2) is 10.5. The van der Waals surface area contributed by atoms with Crippen molar-refractivity contribution < 1.29 is 13.9 Å². The fraction of sp³-hybridized carbons (Fsp3) is 0.0714. The number of hydrogen-bond donors (Lipinski definition) is 1. The van der Waals surface area contributed by atoms with Gasteiger partial charge in [0.2, 0.25) is 5.43 Å². The number of nitrogens with one attached hydrogen (secondary N) is 1. The molecule has 37 heavy (non-hydrogen) atoms. The van der Waals surface area contributed by atoms with Crippen LogP contribution < -0.4 is 15.6 Å². The SMILES string of the molecule is Cc1ccc(OCC(=O)N/N=C/c2coc3ccc(Cl)cc3c2=O)c(-c2ccnn2-c2ccccc2)c1. The Bertz CT molecular complexity index is 1680. The highest BCUT2D eigenvalue weighted by Crippen LogP contribution is 2.32. The number of carbonyl (C=O) groups is 1. The largest absolute Gasteiger partial charge is 0.483 e. The van der Waals surface area contributed by atoms with Gasteiger partial charge in [-0.3, -0.25) is 9.59 Å². The fourth-order valence-corrected chi connectivity index (χ4v) is 3.98. The molecule has 9 heteroatoms. The summed E-state index contributed by atoms with van der Waals surface area (Å²) in [6.45, 7) is 1.70. The van der Waals surface area contributed by atoms with Gasteiger partial charge < -0.3 is 9.15 Å². The summed E-state index contributed by atoms with van der Waals surface area (Å²) in [5.41, 5.74) is 6.21. The lowest BCUT2D eigenvalue weighted by atomic mass is 10.1. The number of ether oxygens (including phenoxy) is 1. The molecule has 0 aliphatic heterocycles. The van der Waals surface area contributed by atoms with Crippen molar-refractivity contribution in [2.24, 2.45) is 5.10 Å². The summed E-state index contributed by atoms with van der Waals surface area (Å²) in [5, 5.41) is 9.07. The van der Waals surface area contributed by atoms with Crippen LogP contribution in [0.15, 0.2) is 99.6 Å². The van der Waals surface area contributed by atoms with Gasteiger partial charge in [-0.2, -0.15) is 10.2 Å². The molecule has 3 aromatic carbocycles. The van der Waals surface area contributed by atoms with Crippen LogP contribution in [0.4, 0.5) is 0 Å². The van der Waals surface area contributed by atoms with Gasteiger partial charge in [0.15, 0.2) is 6.61 Å². The molecule has 0 aliphatic rings. The predicted molar refractivity (Wildman–Crippen MR) is 142 cm³/mol. The first-order valence-electron chi connectivity index (χ1n) is 11.4. The minimum absolute atomic E-state index is 0.172. The third kappa shape index (κ3) is 5.29. The monoisotopic (exact) mass is 512 g/mol. The zero-order chi connectivity index (χ0) is 25.8. The highest BCUT2D eigenvalue weighted by molar-refractivity contribution is 6.31. The van der Waals surface area contributed by atoms with Gasteiger partial charge in [-0.15, -0.1) is 0 Å². The Morgan fingerprint density at radius 2 is 1.97 bits per heavy atom. The highest BCUT2D eigenvalue weighted by atomic mass is 35.5. The van der Waals surface area contributed by atoms with E-state index < -0.39 is 5.91 Å². The van der Waals surface area contributed by atoms with Gasteiger partial charge in [-0.05, 0) is 55.5 Å². The number of carbonyl (C=O) groups excluding carboxylic acids is 1. The Labute approximate surface area is 216 Å². The summed E-state index contributed by atoms with van der Waals surface area (Å²) in [4.78, 5) is 25.0. The van der Waals surface area contributed by atoms with Gasteiger partial charge in [0.25, 0.3) is 5.91 Å². The molecule has 5 rings (SSSR count). The molecule has 1 N–H and O–H groups in total. The zero-order valence-electron chi connectivity index (χ0n) is 19.7. The van der Waals surface area contributed by atoms with E-state index >= 15 is 0 Å². The summed E-state index contributed by atoms with van der Waals surface area (Å²) in [6.07, 6.45) is 4.21. The van der Waals surface area contributed by atoms with E-state index in [0.717, 1.165) is 22.5 Å². The number of hydrazone groups is 1. The Hall–Kier alpha value is -4.69. The summed E-state index contributed by atoms with van der Waals surface area (Å²) in [6, 6.07) is 22.1. The number of aryl methyl sites for hydroxylation is 1. The normalized spacial score (nSPS) is 11.2. The Balaban J connectivity index is 1.30. The van der Waals surface area contributed by atoms with Crippen molar-refractivity contribution in [2.75, 3.05) is 6.61 Å². The van der Waals surface area contributed by atoms with Crippen molar-refractivity contribution in [3.63, 3.8) is 0 Å². The molecule has 184 valence electrons. The van der Waals surface area contributed by atoms with E-state index in [2.05, 4.69) is 15.6 Å². The first-order valence-corrected chi connectivity index (χ1v) is 11.7. The summed E-state index contributed by atoms with van der Waals surface area (Å²) < 4.78 is 13.1. The number of benzene rings is 3. The molecule has 0 atom stereocenters. The maximum atomic E-state index is 12.6. The van der Waals surface area contributed by atoms with Crippen LogP contribution in [0.2, 0.25) is 5.02 Å². The Kier molecular flexibility index (Phi) is 6.83. The van der Waals surface area contributed by atoms with Crippen molar-refractivity contribution in [2.45, 2.75) is 6.92 Å². The van der Waals surface area contributed by atoms with Crippen molar-refractivity contribution in [1.82, 2.24) is 15.2 Å². The van der Waals surface area contributed by atoms with Gasteiger partial charge >= 0.3 is 0 Å². The Morgan fingerprint density at radius 1 is 1.14 bits per heavy atom. The van der Waals surface area contributed by atoms with Gasteiger partial charge in [-0.25, -0.2) is 10.1 Å². The second-order valence-electron chi connectivity index (χ2n) is 8.21. The third-order valence-corrected chi connectivity index (χ3v) is 5.80. The molecule has 8 nitrogen and oxygen atoms in total. The standard InChI is InChI=1S/C28H21ClN4O4/c1-18-7-9-25(22(13-18)24-11-12-31-33(24)21-5-3-2-4-6-21)37-17-27(34)32-30-15-19-16-36-26-10-8-20(29)14-23(26)28(19)35/h2-16H,17H2,1H3,(H,32,34)/b30-15+. The van der Waals surface area contributed by atoms with Gasteiger partial charge in [0, 0.05) is 10.6 Å². The number of rotatable bonds is 7. The van der Waals surface area contributed by atoms with E-state index in [1.807, 2.05) is 66.2 Å². The van der Waals surface area contributed by atoms with Crippen molar-refractivity contribution in [1.29, 1.82) is 0 Å². The smallest absolute Gasteiger partial charge is 0.277 e. The van der Waals surface area contributed by atoms with Crippen LogP contribution in [0.25, 0.3) is 27.9 Å². The van der Waals surface area contributed by atoms with E-state index in [4.69, 9.17) is 20.8 Å². The maximum Gasteiger partial charge on any atom is 0.277 e. The molecule has 0 unspecified atom stereocenters. The average Bonchev–Trinajstić information content (AvgIpc) is 3.40. The minimum Gasteiger partial charge on any atom is -0.483 e. The van der Waals surface area contributed by atoms with E-state index in [1.54, 1.807) is 18.3 Å². The number of aromatic nitrogens is 2. The van der Waals surface area contributed by atoms with Crippen molar-refractivity contribution in [3.8, 4) is 22.7 Å². The molecule has 0 spiro atoms. The van der Waals surface area contributed by atoms with E-state index in [1.165, 1.54) is 18.5 Å². The van der Waals surface area contributed by atoms with E-state index in [0.29, 0.717) is 21.7 Å². The fourth-order valence-electron chi connectivity index (χ4n) is 3.81. The summed E-state index contributed by atoms with van der Waals surface area (Å²) in [5.74, 6) is 0.0297. The highest BCUT2D eigenvalue weighted by Gasteiger charge is 2.14. The molecule has 0 radical (unpaired) electrons. The molecule has 0 fully saturated rings. The minimum atomic E-state index is -0.493. The quantitative estimate of drug-likeness (QED) is 0.240. The van der Waals surface area contributed by atoms with E-state index in [-0.39, 0.29) is 17.6 Å². The van der Waals surface area contributed by atoms with Crippen molar-refractivity contribution in [3.05, 3.63) is 112 Å². The van der Waals surface area contributed by atoms with Crippen LogP contribution in [-0.2, 0) is 4.79 Å². The number of fused-ring (bicyclic) bond motifs is 1. The molecular formula is C28H21ClN4O4. The number of hydrogen-bond acceptors (Lipinski definition) is 6. The summed E-state index contributed by atoms with van der Waals surface area (Å²) in [7, 11) is 0. The van der Waals surface area contributed by atoms with Crippen LogP contribution in [0, 0.1) is 6.92 Å². The number of nitrogens with zero attached hydrogens (tertiary/aromatic N) is 3. The maximum absolute atomic E-state index is 12.6. The van der Waals surface area contributed by atoms with Crippen molar-refractivity contribution >= 4 is 34.7 Å². The molecule has 5 aromatic rings. The van der Waals surface area contributed by atoms with E-state index in [9.17, 15) is 9.59 Å². The number of halogens is 1. The van der Waals surface area contributed by atoms with Gasteiger partial charge in [0.05, 0.1) is 34.7 Å². The topological polar surface area (TPSA) is 98.7 Å². The van der Waals surface area contributed by atoms with Crippen LogP contribution in [0.3, 0.4) is 0 Å². The molecule has 1 amide bonds. The lowest BCUT2D eigenvalue weighted by Crippen LogP contribution is -2.25. The number of amides is 1. The van der Waals surface area contributed by atoms with Crippen LogP contribution in [-0.4, -0.2) is 28.5 Å². The molecule has 2 aromatic heterocycles. The van der Waals surface area contributed by atoms with Gasteiger partial charge in [-0.1, -0.05) is 41.4 Å².